The molecule has 1 N–H and O–H groups in total. The van der Waals surface area contributed by atoms with Crippen LogP contribution in [0.3, 0.4) is 0 Å². The van der Waals surface area contributed by atoms with E-state index >= 15 is 0 Å². The summed E-state index contributed by atoms with van der Waals surface area (Å²) in [5, 5.41) is 2.84. The maximum absolute atomic E-state index is 11.9. The number of hydrogen-bond acceptors (Lipinski definition) is 2. The number of carbonyl (C=O) groups excluding carboxylic acids is 1. The van der Waals surface area contributed by atoms with Crippen LogP contribution >= 0.6 is 0 Å². The van der Waals surface area contributed by atoms with Crippen molar-refractivity contribution in [1.82, 2.24) is 5.32 Å². The second kappa shape index (κ2) is 4.75. The first kappa shape index (κ1) is 10.6. The Kier molecular flexibility index (Phi) is 3.15. The molecule has 0 aliphatic carbocycles. The molecule has 0 atom stereocenters. The molecule has 0 unspecified atom stereocenters. The van der Waals surface area contributed by atoms with E-state index in [1.165, 1.54) is 0 Å². The van der Waals surface area contributed by atoms with E-state index in [0.29, 0.717) is 5.56 Å². The molecule has 1 heterocycles. The summed E-state index contributed by atoms with van der Waals surface area (Å²) in [5.74, 6) is 0.669. The summed E-state index contributed by atoms with van der Waals surface area (Å²) in [7, 11) is 0. The average Bonchev–Trinajstić information content (AvgIpc) is 2.31. The standard InChI is InChI=1S/C13H14N2O/c1-10-6-2-3-7-11(10)13(16)15-12-8-4-5-9-14-12/h2-3,5-7,9H,4,8H2,1H3,(H,14,15,16). The zero-order chi connectivity index (χ0) is 11.4. The molecular weight excluding hydrogens is 200 g/mol. The fourth-order valence-electron chi connectivity index (χ4n) is 1.62. The molecule has 1 aromatic carbocycles. The van der Waals surface area contributed by atoms with Gasteiger partial charge in [0.1, 0.15) is 5.84 Å². The highest BCUT2D eigenvalue weighted by Gasteiger charge is 2.10. The number of hydrogen-bond donors (Lipinski definition) is 1. The number of rotatable bonds is 1. The van der Waals surface area contributed by atoms with Crippen molar-refractivity contribution < 1.29 is 4.79 Å². The van der Waals surface area contributed by atoms with Gasteiger partial charge in [0.25, 0.3) is 5.91 Å². The lowest BCUT2D eigenvalue weighted by molar-refractivity contribution is 0.0975. The Morgan fingerprint density at radius 1 is 1.38 bits per heavy atom. The van der Waals surface area contributed by atoms with Gasteiger partial charge in [-0.3, -0.25) is 4.79 Å². The number of aliphatic imine (C=N–C) groups is 1. The lowest BCUT2D eigenvalue weighted by Gasteiger charge is -2.10. The van der Waals surface area contributed by atoms with Crippen LogP contribution in [0.5, 0.6) is 0 Å². The van der Waals surface area contributed by atoms with Crippen LogP contribution in [-0.4, -0.2) is 11.7 Å². The highest BCUT2D eigenvalue weighted by molar-refractivity contribution is 6.07. The third-order valence-electron chi connectivity index (χ3n) is 2.53. The van der Waals surface area contributed by atoms with Crippen LogP contribution in [0.2, 0.25) is 0 Å². The van der Waals surface area contributed by atoms with E-state index < -0.39 is 0 Å². The van der Waals surface area contributed by atoms with Crippen LogP contribution in [0.1, 0.15) is 28.8 Å². The molecule has 1 aliphatic heterocycles. The summed E-state index contributed by atoms with van der Waals surface area (Å²) in [5.41, 5.74) is 1.69. The maximum Gasteiger partial charge on any atom is 0.256 e. The molecular formula is C13H14N2O. The molecule has 0 bridgehead atoms. The minimum atomic E-state index is -0.0767. The molecule has 1 amide bonds. The van der Waals surface area contributed by atoms with Crippen molar-refractivity contribution in [3.8, 4) is 0 Å². The Hall–Kier alpha value is -1.90. The third kappa shape index (κ3) is 2.37. The molecule has 0 fully saturated rings. The largest absolute Gasteiger partial charge is 0.310 e. The number of amides is 1. The lowest BCUT2D eigenvalue weighted by Crippen LogP contribution is -2.31. The molecule has 0 spiro atoms. The molecule has 16 heavy (non-hydrogen) atoms. The van der Waals surface area contributed by atoms with Gasteiger partial charge >= 0.3 is 0 Å². The Balaban J connectivity index is 2.12. The molecule has 82 valence electrons. The predicted molar refractivity (Wildman–Crippen MR) is 64.5 cm³/mol. The lowest BCUT2D eigenvalue weighted by atomic mass is 10.1. The van der Waals surface area contributed by atoms with E-state index in [2.05, 4.69) is 10.3 Å². The number of amidine groups is 1. The number of nitrogens with one attached hydrogen (secondary N) is 1. The van der Waals surface area contributed by atoms with Gasteiger partial charge in [0, 0.05) is 18.2 Å². The van der Waals surface area contributed by atoms with Gasteiger partial charge in [-0.25, -0.2) is 4.99 Å². The zero-order valence-corrected chi connectivity index (χ0v) is 9.23. The van der Waals surface area contributed by atoms with E-state index in [1.54, 1.807) is 6.20 Å². The van der Waals surface area contributed by atoms with Gasteiger partial charge in [0.2, 0.25) is 0 Å². The van der Waals surface area contributed by atoms with Crippen LogP contribution in [-0.2, 0) is 0 Å². The van der Waals surface area contributed by atoms with Gasteiger partial charge in [0.15, 0.2) is 0 Å². The summed E-state index contributed by atoms with van der Waals surface area (Å²) >= 11 is 0. The maximum atomic E-state index is 11.9. The number of allylic oxidation sites excluding steroid dienone is 1. The minimum absolute atomic E-state index is 0.0767. The van der Waals surface area contributed by atoms with E-state index in [1.807, 2.05) is 37.3 Å². The smallest absolute Gasteiger partial charge is 0.256 e. The van der Waals surface area contributed by atoms with Crippen molar-refractivity contribution in [3.63, 3.8) is 0 Å². The molecule has 1 aliphatic rings. The van der Waals surface area contributed by atoms with Crippen molar-refractivity contribution in [2.75, 3.05) is 0 Å². The number of carbonyl (C=O) groups is 1. The normalized spacial score (nSPS) is 14.4. The first-order valence-corrected chi connectivity index (χ1v) is 5.36. The summed E-state index contributed by atoms with van der Waals surface area (Å²) in [6, 6.07) is 7.54. The van der Waals surface area contributed by atoms with E-state index in [0.717, 1.165) is 24.2 Å². The Morgan fingerprint density at radius 3 is 2.88 bits per heavy atom. The van der Waals surface area contributed by atoms with Gasteiger partial charge in [-0.15, -0.1) is 0 Å². The summed E-state index contributed by atoms with van der Waals surface area (Å²) in [6.45, 7) is 1.93. The summed E-state index contributed by atoms with van der Waals surface area (Å²) in [6.07, 6.45) is 5.46. The number of aryl methyl sites for hydroxylation is 1. The van der Waals surface area contributed by atoms with E-state index in [-0.39, 0.29) is 5.91 Å². The first-order valence-electron chi connectivity index (χ1n) is 5.36. The highest BCUT2D eigenvalue weighted by atomic mass is 16.1. The Morgan fingerprint density at radius 2 is 2.19 bits per heavy atom. The van der Waals surface area contributed by atoms with Crippen LogP contribution in [0, 0.1) is 6.92 Å². The van der Waals surface area contributed by atoms with Crippen molar-refractivity contribution in [2.45, 2.75) is 19.8 Å². The molecule has 2 rings (SSSR count). The van der Waals surface area contributed by atoms with Gasteiger partial charge in [-0.05, 0) is 25.0 Å². The number of nitrogens with zero attached hydrogens (tertiary/aromatic N) is 1. The topological polar surface area (TPSA) is 41.5 Å². The van der Waals surface area contributed by atoms with Crippen molar-refractivity contribution >= 4 is 11.7 Å². The fourth-order valence-corrected chi connectivity index (χ4v) is 1.62. The van der Waals surface area contributed by atoms with Gasteiger partial charge in [0.05, 0.1) is 0 Å². The van der Waals surface area contributed by atoms with Gasteiger partial charge in [-0.1, -0.05) is 24.3 Å². The predicted octanol–water partition coefficient (Wildman–Crippen LogP) is 2.43. The van der Waals surface area contributed by atoms with Crippen LogP contribution in [0.25, 0.3) is 0 Å². The first-order chi connectivity index (χ1) is 7.77. The fraction of sp³-hybridized carbons (Fsp3) is 0.231. The quantitative estimate of drug-likeness (QED) is 0.766. The number of benzene rings is 1. The molecule has 3 nitrogen and oxygen atoms in total. The average molecular weight is 214 g/mol. The highest BCUT2D eigenvalue weighted by Crippen LogP contribution is 2.07. The molecule has 0 radical (unpaired) electrons. The minimum Gasteiger partial charge on any atom is -0.310 e. The SMILES string of the molecule is Cc1ccccc1C(=O)NC1=NC=CCC1. The van der Waals surface area contributed by atoms with E-state index in [9.17, 15) is 4.79 Å². The van der Waals surface area contributed by atoms with Gasteiger partial charge < -0.3 is 5.32 Å². The zero-order valence-electron chi connectivity index (χ0n) is 9.23. The molecule has 3 heteroatoms. The van der Waals surface area contributed by atoms with Crippen molar-refractivity contribution in [1.29, 1.82) is 0 Å². The van der Waals surface area contributed by atoms with Crippen LogP contribution in [0.4, 0.5) is 0 Å². The van der Waals surface area contributed by atoms with Gasteiger partial charge in [-0.2, -0.15) is 0 Å². The monoisotopic (exact) mass is 214 g/mol. The summed E-state index contributed by atoms with van der Waals surface area (Å²) in [4.78, 5) is 16.0. The summed E-state index contributed by atoms with van der Waals surface area (Å²) < 4.78 is 0. The Labute approximate surface area is 94.9 Å². The Bertz CT molecular complexity index is 461. The second-order valence-electron chi connectivity index (χ2n) is 3.77. The van der Waals surface area contributed by atoms with Crippen LogP contribution in [0.15, 0.2) is 41.5 Å². The molecule has 1 aromatic rings. The van der Waals surface area contributed by atoms with Crippen LogP contribution < -0.4 is 5.32 Å². The van der Waals surface area contributed by atoms with Crippen molar-refractivity contribution in [3.05, 3.63) is 47.7 Å². The third-order valence-corrected chi connectivity index (χ3v) is 2.53. The molecule has 0 saturated heterocycles. The van der Waals surface area contributed by atoms with Crippen molar-refractivity contribution in [2.24, 2.45) is 4.99 Å². The van der Waals surface area contributed by atoms with E-state index in [4.69, 9.17) is 0 Å². The molecule has 0 aromatic heterocycles. The second-order valence-corrected chi connectivity index (χ2v) is 3.77. The molecule has 0 saturated carbocycles.